The van der Waals surface area contributed by atoms with E-state index in [2.05, 4.69) is 69.0 Å². The van der Waals surface area contributed by atoms with E-state index in [0.29, 0.717) is 6.54 Å². The molecule has 3 aromatic rings. The Kier molecular flexibility index (Phi) is 6.76. The van der Waals surface area contributed by atoms with Gasteiger partial charge in [-0.2, -0.15) is 0 Å². The quantitative estimate of drug-likeness (QED) is 0.582. The minimum absolute atomic E-state index is 0.100. The van der Waals surface area contributed by atoms with Crippen molar-refractivity contribution >= 4 is 17.4 Å². The summed E-state index contributed by atoms with van der Waals surface area (Å²) in [6, 6.07) is 25.1. The molecule has 0 unspecified atom stereocenters. The van der Waals surface area contributed by atoms with E-state index in [4.69, 9.17) is 0 Å². The molecule has 2 N–H and O–H groups in total. The first-order chi connectivity index (χ1) is 15.5. The minimum Gasteiger partial charge on any atom is -0.378 e. The first-order valence-corrected chi connectivity index (χ1v) is 11.2. The van der Waals surface area contributed by atoms with Gasteiger partial charge in [0.25, 0.3) is 0 Å². The number of carbonyl (C=O) groups excluding carboxylic acids is 1. The summed E-state index contributed by atoms with van der Waals surface area (Å²) in [7, 11) is 4.09. The van der Waals surface area contributed by atoms with Crippen LogP contribution in [0.25, 0.3) is 0 Å². The second-order valence-electron chi connectivity index (χ2n) is 8.69. The Hall–Kier alpha value is -3.31. The van der Waals surface area contributed by atoms with Crippen LogP contribution >= 0.6 is 0 Å². The molecule has 1 atom stereocenters. The van der Waals surface area contributed by atoms with Gasteiger partial charge in [0.15, 0.2) is 0 Å². The maximum Gasteiger partial charge on any atom is 0.319 e. The third-order valence-electron chi connectivity index (χ3n) is 6.16. The van der Waals surface area contributed by atoms with Gasteiger partial charge >= 0.3 is 6.03 Å². The van der Waals surface area contributed by atoms with Crippen LogP contribution in [0.3, 0.4) is 0 Å². The fourth-order valence-electron chi connectivity index (χ4n) is 4.24. The van der Waals surface area contributed by atoms with Gasteiger partial charge in [0.2, 0.25) is 0 Å². The van der Waals surface area contributed by atoms with Crippen molar-refractivity contribution in [3.05, 3.63) is 95.1 Å². The smallest absolute Gasteiger partial charge is 0.319 e. The lowest BCUT2D eigenvalue weighted by atomic mass is 9.96. The molecule has 5 nitrogen and oxygen atoms in total. The number of aryl methyl sites for hydroxylation is 1. The molecule has 32 heavy (non-hydrogen) atoms. The highest BCUT2D eigenvalue weighted by Crippen LogP contribution is 2.28. The van der Waals surface area contributed by atoms with E-state index >= 15 is 0 Å². The Balaban J connectivity index is 1.49. The molecule has 1 aliphatic heterocycles. The van der Waals surface area contributed by atoms with Crippen molar-refractivity contribution < 1.29 is 4.79 Å². The van der Waals surface area contributed by atoms with Crippen LogP contribution in [0, 0.1) is 6.92 Å². The zero-order valence-corrected chi connectivity index (χ0v) is 19.1. The highest BCUT2D eigenvalue weighted by Gasteiger charge is 2.25. The Morgan fingerprint density at radius 1 is 0.969 bits per heavy atom. The van der Waals surface area contributed by atoms with Gasteiger partial charge in [-0.15, -0.1) is 0 Å². The van der Waals surface area contributed by atoms with Gasteiger partial charge in [0.1, 0.15) is 0 Å². The van der Waals surface area contributed by atoms with Gasteiger partial charge in [0, 0.05) is 45.1 Å². The zero-order valence-electron chi connectivity index (χ0n) is 19.1. The van der Waals surface area contributed by atoms with Crippen LogP contribution in [0.1, 0.15) is 28.3 Å². The maximum absolute atomic E-state index is 12.6. The molecule has 0 radical (unpaired) electrons. The molecule has 3 aromatic carbocycles. The number of carbonyl (C=O) groups is 1. The molecule has 1 aliphatic rings. The van der Waals surface area contributed by atoms with Crippen molar-refractivity contribution in [2.45, 2.75) is 25.9 Å². The molecule has 2 amide bonds. The monoisotopic (exact) mass is 428 g/mol. The average molecular weight is 429 g/mol. The number of hydrogen-bond acceptors (Lipinski definition) is 3. The van der Waals surface area contributed by atoms with Crippen molar-refractivity contribution in [2.75, 3.05) is 37.4 Å². The summed E-state index contributed by atoms with van der Waals surface area (Å²) in [4.78, 5) is 17.2. The number of fused-ring (bicyclic) bond motifs is 1. The fraction of sp³-hybridized carbons (Fsp3) is 0.296. The lowest BCUT2D eigenvalue weighted by Crippen LogP contribution is -2.41. The molecular formula is C27H32N4O. The first-order valence-electron chi connectivity index (χ1n) is 11.2. The topological polar surface area (TPSA) is 47.6 Å². The number of rotatable bonds is 6. The molecule has 0 saturated carbocycles. The highest BCUT2D eigenvalue weighted by atomic mass is 16.2. The van der Waals surface area contributed by atoms with Gasteiger partial charge in [0.05, 0.1) is 6.04 Å². The molecule has 166 valence electrons. The largest absolute Gasteiger partial charge is 0.378 e. The second-order valence-corrected chi connectivity index (χ2v) is 8.69. The van der Waals surface area contributed by atoms with Crippen molar-refractivity contribution in [1.82, 2.24) is 10.2 Å². The third kappa shape index (κ3) is 5.29. The van der Waals surface area contributed by atoms with E-state index in [0.717, 1.165) is 25.2 Å². The minimum atomic E-state index is -0.179. The predicted octanol–water partition coefficient (Wildman–Crippen LogP) is 4.98. The molecule has 1 heterocycles. The molecule has 5 heteroatoms. The van der Waals surface area contributed by atoms with Gasteiger partial charge in [-0.25, -0.2) is 4.79 Å². The summed E-state index contributed by atoms with van der Waals surface area (Å²) < 4.78 is 0. The number of nitrogens with one attached hydrogen (secondary N) is 2. The van der Waals surface area contributed by atoms with Crippen LogP contribution in [-0.4, -0.2) is 38.1 Å². The number of nitrogens with zero attached hydrogens (tertiary/aromatic N) is 2. The number of amides is 2. The van der Waals surface area contributed by atoms with Crippen molar-refractivity contribution in [2.24, 2.45) is 0 Å². The molecule has 0 aromatic heterocycles. The lowest BCUT2D eigenvalue weighted by molar-refractivity contribution is 0.175. The van der Waals surface area contributed by atoms with E-state index in [9.17, 15) is 4.79 Å². The second kappa shape index (κ2) is 9.88. The number of anilines is 2. The summed E-state index contributed by atoms with van der Waals surface area (Å²) in [5, 5.41) is 6.04. The standard InChI is InChI=1S/C27H32N4O/c1-20-8-12-24(13-9-20)29-27(32)28-18-26(22-10-14-25(15-11-22)30(2)3)31-17-16-21-6-4-5-7-23(21)19-31/h4-15,26H,16-19H2,1-3H3,(H2,28,29,32)/t26-/m0/s1. The van der Waals surface area contributed by atoms with E-state index in [-0.39, 0.29) is 12.1 Å². The van der Waals surface area contributed by atoms with Crippen molar-refractivity contribution in [1.29, 1.82) is 0 Å². The number of urea groups is 1. The van der Waals surface area contributed by atoms with Gasteiger partial charge in [-0.1, -0.05) is 54.1 Å². The number of benzene rings is 3. The van der Waals surface area contributed by atoms with Gasteiger partial charge in [-0.3, -0.25) is 4.90 Å². The Morgan fingerprint density at radius 3 is 2.34 bits per heavy atom. The average Bonchev–Trinajstić information content (AvgIpc) is 2.81. The first kappa shape index (κ1) is 21.9. The highest BCUT2D eigenvalue weighted by molar-refractivity contribution is 5.89. The van der Waals surface area contributed by atoms with Gasteiger partial charge in [-0.05, 0) is 54.3 Å². The summed E-state index contributed by atoms with van der Waals surface area (Å²) in [5.74, 6) is 0. The van der Waals surface area contributed by atoms with Crippen LogP contribution in [0.2, 0.25) is 0 Å². The molecular weight excluding hydrogens is 396 g/mol. The Morgan fingerprint density at radius 2 is 1.66 bits per heavy atom. The molecule has 0 aliphatic carbocycles. The predicted molar refractivity (Wildman–Crippen MR) is 132 cm³/mol. The zero-order chi connectivity index (χ0) is 22.5. The van der Waals surface area contributed by atoms with Crippen molar-refractivity contribution in [3.8, 4) is 0 Å². The van der Waals surface area contributed by atoms with E-state index in [1.807, 2.05) is 45.3 Å². The molecule has 0 spiro atoms. The van der Waals surface area contributed by atoms with Crippen LogP contribution in [0.5, 0.6) is 0 Å². The molecule has 0 saturated heterocycles. The number of hydrogen-bond donors (Lipinski definition) is 2. The molecule has 0 bridgehead atoms. The fourth-order valence-corrected chi connectivity index (χ4v) is 4.24. The Labute approximate surface area is 191 Å². The summed E-state index contributed by atoms with van der Waals surface area (Å²) >= 11 is 0. The third-order valence-corrected chi connectivity index (χ3v) is 6.16. The summed E-state index contributed by atoms with van der Waals surface area (Å²) in [5.41, 5.74) is 7.15. The molecule has 4 rings (SSSR count). The van der Waals surface area contributed by atoms with Crippen LogP contribution in [-0.2, 0) is 13.0 Å². The summed E-state index contributed by atoms with van der Waals surface area (Å²) in [6.45, 7) is 4.43. The van der Waals surface area contributed by atoms with Crippen molar-refractivity contribution in [3.63, 3.8) is 0 Å². The summed E-state index contributed by atoms with van der Waals surface area (Å²) in [6.07, 6.45) is 1.03. The van der Waals surface area contributed by atoms with Gasteiger partial charge < -0.3 is 15.5 Å². The van der Waals surface area contributed by atoms with E-state index < -0.39 is 0 Å². The van der Waals surface area contributed by atoms with Crippen LogP contribution < -0.4 is 15.5 Å². The normalized spacial score (nSPS) is 14.3. The SMILES string of the molecule is Cc1ccc(NC(=O)NC[C@@H](c2ccc(N(C)C)cc2)N2CCc3ccccc3C2)cc1. The van der Waals surface area contributed by atoms with E-state index in [1.54, 1.807) is 0 Å². The maximum atomic E-state index is 12.6. The van der Waals surface area contributed by atoms with Crippen LogP contribution in [0.15, 0.2) is 72.8 Å². The lowest BCUT2D eigenvalue weighted by Gasteiger charge is -2.36. The molecule has 0 fully saturated rings. The Bertz CT molecular complexity index is 1040. The van der Waals surface area contributed by atoms with Crippen LogP contribution in [0.4, 0.5) is 16.2 Å². The van der Waals surface area contributed by atoms with E-state index in [1.165, 1.54) is 27.9 Å².